The topological polar surface area (TPSA) is 115 Å². The van der Waals surface area contributed by atoms with Gasteiger partial charge in [0.2, 0.25) is 0 Å². The average molecular weight is 522 g/mol. The van der Waals surface area contributed by atoms with E-state index < -0.39 is 10.5 Å². The number of nitrogens with zero attached hydrogens (tertiary/aromatic N) is 5. The van der Waals surface area contributed by atoms with Crippen molar-refractivity contribution in [3.63, 3.8) is 0 Å². The maximum Gasteiger partial charge on any atom is 0.295 e. The molecule has 0 radical (unpaired) electrons. The van der Waals surface area contributed by atoms with E-state index in [1.165, 1.54) is 12.3 Å². The summed E-state index contributed by atoms with van der Waals surface area (Å²) in [4.78, 5) is 41.5. The van der Waals surface area contributed by atoms with E-state index >= 15 is 0 Å². The number of fused-ring (bicyclic) bond motifs is 1. The van der Waals surface area contributed by atoms with E-state index in [2.05, 4.69) is 5.10 Å². The summed E-state index contributed by atoms with van der Waals surface area (Å²) in [6.07, 6.45) is 1.47. The molecular formula is C29H23N5O5. The number of nitro benzene ring substituents is 1. The zero-order valence-electron chi connectivity index (χ0n) is 20.8. The first-order valence-electron chi connectivity index (χ1n) is 12.5. The van der Waals surface area contributed by atoms with Crippen LogP contribution in [0.3, 0.4) is 0 Å². The van der Waals surface area contributed by atoms with Crippen LogP contribution >= 0.6 is 0 Å². The second-order valence-electron chi connectivity index (χ2n) is 9.16. The van der Waals surface area contributed by atoms with E-state index in [0.717, 1.165) is 10.2 Å². The van der Waals surface area contributed by atoms with Gasteiger partial charge in [0.15, 0.2) is 5.76 Å². The van der Waals surface area contributed by atoms with E-state index in [1.807, 2.05) is 47.4 Å². The first-order chi connectivity index (χ1) is 19.0. The number of nitro groups is 1. The third-order valence-corrected chi connectivity index (χ3v) is 6.90. The zero-order valence-corrected chi connectivity index (χ0v) is 20.8. The summed E-state index contributed by atoms with van der Waals surface area (Å²) in [5.41, 5.74) is 1.45. The molecule has 39 heavy (non-hydrogen) atoms. The molecule has 10 heteroatoms. The third-order valence-electron chi connectivity index (χ3n) is 6.90. The van der Waals surface area contributed by atoms with Crippen molar-refractivity contribution in [3.05, 3.63) is 117 Å². The fourth-order valence-electron chi connectivity index (χ4n) is 4.92. The SMILES string of the molecule is O=C(c1ccco1)N1CCN(c2ccc([N+](=O)[O-])c(-n3nc(-c4ccccc4)c4ccccc4c3=O)c2)CC1. The molecule has 3 heterocycles. The van der Waals surface area contributed by atoms with E-state index in [4.69, 9.17) is 4.42 Å². The van der Waals surface area contributed by atoms with Crippen LogP contribution in [0.1, 0.15) is 10.6 Å². The molecule has 3 aromatic carbocycles. The molecule has 1 aliphatic rings. The number of piperazine rings is 1. The molecule has 0 bridgehead atoms. The van der Waals surface area contributed by atoms with Crippen molar-refractivity contribution in [1.82, 2.24) is 14.7 Å². The lowest BCUT2D eigenvalue weighted by atomic mass is 10.1. The van der Waals surface area contributed by atoms with Crippen LogP contribution in [0.5, 0.6) is 0 Å². The Morgan fingerprint density at radius 3 is 2.28 bits per heavy atom. The van der Waals surface area contributed by atoms with Crippen LogP contribution in [0.4, 0.5) is 11.4 Å². The van der Waals surface area contributed by atoms with Crippen LogP contribution in [0.25, 0.3) is 27.7 Å². The first-order valence-corrected chi connectivity index (χ1v) is 12.5. The fraction of sp³-hybridized carbons (Fsp3) is 0.138. The fourth-order valence-corrected chi connectivity index (χ4v) is 4.92. The zero-order chi connectivity index (χ0) is 26.9. The van der Waals surface area contributed by atoms with Crippen molar-refractivity contribution >= 4 is 28.1 Å². The predicted molar refractivity (Wildman–Crippen MR) is 146 cm³/mol. The number of hydrogen-bond acceptors (Lipinski definition) is 7. The van der Waals surface area contributed by atoms with E-state index in [9.17, 15) is 19.7 Å². The average Bonchev–Trinajstić information content (AvgIpc) is 3.53. The smallest absolute Gasteiger partial charge is 0.295 e. The molecule has 0 N–H and O–H groups in total. The lowest BCUT2D eigenvalue weighted by molar-refractivity contribution is -0.384. The molecule has 1 amide bonds. The number of anilines is 1. The minimum absolute atomic E-state index is 0.0829. The molecule has 0 saturated carbocycles. The summed E-state index contributed by atoms with van der Waals surface area (Å²) < 4.78 is 6.36. The van der Waals surface area contributed by atoms with Gasteiger partial charge in [-0.3, -0.25) is 19.7 Å². The number of carbonyl (C=O) groups is 1. The number of aromatic nitrogens is 2. The number of hydrogen-bond donors (Lipinski definition) is 0. The minimum atomic E-state index is -0.509. The van der Waals surface area contributed by atoms with E-state index in [0.29, 0.717) is 48.3 Å². The van der Waals surface area contributed by atoms with Gasteiger partial charge in [-0.1, -0.05) is 48.5 Å². The van der Waals surface area contributed by atoms with Crippen molar-refractivity contribution in [3.8, 4) is 16.9 Å². The number of carbonyl (C=O) groups excluding carboxylic acids is 1. The molecule has 1 saturated heterocycles. The molecule has 2 aromatic heterocycles. The summed E-state index contributed by atoms with van der Waals surface area (Å²) in [6, 6.07) is 24.5. The van der Waals surface area contributed by atoms with Gasteiger partial charge in [0, 0.05) is 48.9 Å². The van der Waals surface area contributed by atoms with Gasteiger partial charge in [-0.05, 0) is 30.3 Å². The number of benzene rings is 3. The molecule has 6 rings (SSSR count). The summed E-state index contributed by atoms with van der Waals surface area (Å²) >= 11 is 0. The number of rotatable bonds is 5. The van der Waals surface area contributed by atoms with Crippen molar-refractivity contribution in [2.45, 2.75) is 0 Å². The largest absolute Gasteiger partial charge is 0.459 e. The Labute approximate surface area is 222 Å². The molecule has 0 unspecified atom stereocenters. The Kier molecular flexibility index (Phi) is 6.12. The highest BCUT2D eigenvalue weighted by atomic mass is 16.6. The molecular weight excluding hydrogens is 498 g/mol. The molecule has 1 fully saturated rings. The highest BCUT2D eigenvalue weighted by molar-refractivity contribution is 5.94. The van der Waals surface area contributed by atoms with Crippen LogP contribution < -0.4 is 10.5 Å². The lowest BCUT2D eigenvalue weighted by Gasteiger charge is -2.35. The summed E-state index contributed by atoms with van der Waals surface area (Å²) in [5, 5.41) is 17.8. The van der Waals surface area contributed by atoms with Crippen molar-refractivity contribution < 1.29 is 14.1 Å². The monoisotopic (exact) mass is 521 g/mol. The normalized spacial score (nSPS) is 13.5. The molecule has 194 valence electrons. The van der Waals surface area contributed by atoms with Crippen LogP contribution in [-0.2, 0) is 0 Å². The molecule has 10 nitrogen and oxygen atoms in total. The third kappa shape index (κ3) is 4.42. The Balaban J connectivity index is 1.41. The molecule has 5 aromatic rings. The van der Waals surface area contributed by atoms with Gasteiger partial charge in [0.1, 0.15) is 5.69 Å². The predicted octanol–water partition coefficient (Wildman–Crippen LogP) is 4.52. The van der Waals surface area contributed by atoms with Gasteiger partial charge in [0.05, 0.1) is 22.3 Å². The van der Waals surface area contributed by atoms with Crippen molar-refractivity contribution in [2.24, 2.45) is 0 Å². The highest BCUT2D eigenvalue weighted by Gasteiger charge is 2.26. The lowest BCUT2D eigenvalue weighted by Crippen LogP contribution is -2.48. The second kappa shape index (κ2) is 9.90. The van der Waals surface area contributed by atoms with Crippen molar-refractivity contribution in [2.75, 3.05) is 31.1 Å². The Morgan fingerprint density at radius 2 is 1.59 bits per heavy atom. The summed E-state index contributed by atoms with van der Waals surface area (Å²) in [6.45, 7) is 1.94. The standard InChI is InChI=1S/C29H23N5O5/c35-28-23-10-5-4-9-22(23)27(20-7-2-1-3-8-20)30-33(28)25-19-21(12-13-24(25)34(37)38)31-14-16-32(17-15-31)29(36)26-11-6-18-39-26/h1-13,18-19H,14-17H2. The van der Waals surface area contributed by atoms with Gasteiger partial charge in [0.25, 0.3) is 17.2 Å². The summed E-state index contributed by atoms with van der Waals surface area (Å²) in [5.74, 6) is 0.112. The van der Waals surface area contributed by atoms with Crippen molar-refractivity contribution in [1.29, 1.82) is 0 Å². The molecule has 1 aliphatic heterocycles. The second-order valence-corrected chi connectivity index (χ2v) is 9.16. The maximum absolute atomic E-state index is 13.6. The quantitative estimate of drug-likeness (QED) is 0.247. The van der Waals surface area contributed by atoms with Gasteiger partial charge in [-0.2, -0.15) is 9.78 Å². The van der Waals surface area contributed by atoms with Crippen LogP contribution in [-0.4, -0.2) is 51.7 Å². The Hall–Kier alpha value is -5.25. The Morgan fingerprint density at radius 1 is 0.872 bits per heavy atom. The molecule has 0 aliphatic carbocycles. The van der Waals surface area contributed by atoms with E-state index in [-0.39, 0.29) is 23.0 Å². The number of furan rings is 1. The van der Waals surface area contributed by atoms with Gasteiger partial charge < -0.3 is 14.2 Å². The first kappa shape index (κ1) is 24.1. The van der Waals surface area contributed by atoms with Gasteiger partial charge in [-0.15, -0.1) is 0 Å². The highest BCUT2D eigenvalue weighted by Crippen LogP contribution is 2.30. The molecule has 0 spiro atoms. The number of amides is 1. The van der Waals surface area contributed by atoms with Gasteiger partial charge >= 0.3 is 0 Å². The van der Waals surface area contributed by atoms with Crippen LogP contribution in [0.15, 0.2) is 100 Å². The van der Waals surface area contributed by atoms with Crippen LogP contribution in [0.2, 0.25) is 0 Å². The Bertz CT molecular complexity index is 1740. The van der Waals surface area contributed by atoms with Gasteiger partial charge in [-0.25, -0.2) is 0 Å². The maximum atomic E-state index is 13.6. The summed E-state index contributed by atoms with van der Waals surface area (Å²) in [7, 11) is 0. The molecule has 0 atom stereocenters. The van der Waals surface area contributed by atoms with Crippen LogP contribution in [0, 0.1) is 10.1 Å². The minimum Gasteiger partial charge on any atom is -0.459 e. The van der Waals surface area contributed by atoms with E-state index in [1.54, 1.807) is 41.3 Å².